The number of hydrogen-bond acceptors (Lipinski definition) is 6. The van der Waals surface area contributed by atoms with E-state index in [0.717, 1.165) is 36.8 Å². The molecule has 3 rings (SSSR count). The molecule has 1 fully saturated rings. The zero-order chi connectivity index (χ0) is 19.4. The van der Waals surface area contributed by atoms with Crippen LogP contribution >= 0.6 is 0 Å². The van der Waals surface area contributed by atoms with Gasteiger partial charge in [-0.15, -0.1) is 0 Å². The molecule has 2 aromatic heterocycles. The minimum absolute atomic E-state index is 0.125. The highest BCUT2D eigenvalue weighted by Gasteiger charge is 2.23. The third-order valence-corrected chi connectivity index (χ3v) is 4.82. The monoisotopic (exact) mass is 370 g/mol. The van der Waals surface area contributed by atoms with E-state index in [1.807, 2.05) is 13.8 Å². The van der Waals surface area contributed by atoms with Crippen molar-refractivity contribution in [2.24, 2.45) is 0 Å². The molecule has 144 valence electrons. The molecule has 7 heteroatoms. The first-order valence-corrected chi connectivity index (χ1v) is 9.57. The van der Waals surface area contributed by atoms with Crippen molar-refractivity contribution in [2.75, 3.05) is 18.5 Å². The maximum atomic E-state index is 13.2. The minimum Gasteiger partial charge on any atom is -0.463 e. The summed E-state index contributed by atoms with van der Waals surface area (Å²) < 4.78 is 6.71. The van der Waals surface area contributed by atoms with Crippen LogP contribution in [0.2, 0.25) is 0 Å². The highest BCUT2D eigenvalue weighted by molar-refractivity contribution is 5.88. The number of nitrogens with one attached hydrogen (secondary N) is 1. The summed E-state index contributed by atoms with van der Waals surface area (Å²) in [6.07, 6.45) is 6.95. The van der Waals surface area contributed by atoms with Gasteiger partial charge in [0.05, 0.1) is 12.3 Å². The fourth-order valence-electron chi connectivity index (χ4n) is 3.58. The van der Waals surface area contributed by atoms with E-state index in [1.54, 1.807) is 17.6 Å². The number of fused-ring (bicyclic) bond motifs is 1. The second kappa shape index (κ2) is 8.33. The fourth-order valence-corrected chi connectivity index (χ4v) is 3.58. The van der Waals surface area contributed by atoms with Crippen molar-refractivity contribution in [3.63, 3.8) is 0 Å². The predicted molar refractivity (Wildman–Crippen MR) is 106 cm³/mol. The van der Waals surface area contributed by atoms with E-state index in [9.17, 15) is 9.59 Å². The van der Waals surface area contributed by atoms with Crippen LogP contribution in [-0.4, -0.2) is 33.7 Å². The number of carbonyl (C=O) groups is 1. The van der Waals surface area contributed by atoms with Crippen molar-refractivity contribution in [3.8, 4) is 0 Å². The molecule has 0 bridgehead atoms. The Morgan fingerprint density at radius 1 is 1.33 bits per heavy atom. The maximum Gasteiger partial charge on any atom is 0.330 e. The van der Waals surface area contributed by atoms with Gasteiger partial charge >= 0.3 is 5.97 Å². The Kier molecular flexibility index (Phi) is 5.88. The molecule has 0 aromatic carbocycles. The van der Waals surface area contributed by atoms with E-state index in [0.29, 0.717) is 30.3 Å². The minimum atomic E-state index is -0.458. The van der Waals surface area contributed by atoms with Crippen molar-refractivity contribution in [3.05, 3.63) is 33.8 Å². The molecule has 2 heterocycles. The third kappa shape index (κ3) is 4.02. The molecule has 1 aliphatic rings. The molecular formula is C20H26N4O3. The van der Waals surface area contributed by atoms with E-state index in [2.05, 4.69) is 15.3 Å². The van der Waals surface area contributed by atoms with Crippen LogP contribution in [0.3, 0.4) is 0 Å². The molecule has 0 saturated heterocycles. The van der Waals surface area contributed by atoms with Crippen LogP contribution in [-0.2, 0) is 9.53 Å². The average Bonchev–Trinajstić information content (AvgIpc) is 3.15. The summed E-state index contributed by atoms with van der Waals surface area (Å²) in [6.45, 7) is 6.65. The molecule has 0 atom stereocenters. The number of pyridine rings is 1. The van der Waals surface area contributed by atoms with Crippen LogP contribution in [0, 0.1) is 6.92 Å². The van der Waals surface area contributed by atoms with Crippen LogP contribution in [0.4, 0.5) is 5.95 Å². The molecular weight excluding hydrogens is 344 g/mol. The Morgan fingerprint density at radius 3 is 2.74 bits per heavy atom. The number of rotatable bonds is 6. The van der Waals surface area contributed by atoms with Crippen LogP contribution in [0.15, 0.2) is 16.9 Å². The summed E-state index contributed by atoms with van der Waals surface area (Å²) >= 11 is 0. The number of hydrogen-bond donors (Lipinski definition) is 1. The van der Waals surface area contributed by atoms with Crippen molar-refractivity contribution < 1.29 is 9.53 Å². The zero-order valence-electron chi connectivity index (χ0n) is 16.1. The van der Waals surface area contributed by atoms with Crippen LogP contribution < -0.4 is 10.9 Å². The average molecular weight is 370 g/mol. The first-order valence-electron chi connectivity index (χ1n) is 9.57. The standard InChI is InChI=1S/C20H26N4O3/c1-4-21-20-22-13(3)16-12-14(10-11-17(25)27-5-2)19(26)24(18(16)23-20)15-8-6-7-9-15/h10-12,15H,4-9H2,1-3H3,(H,21,22,23)/b11-10+. The van der Waals surface area contributed by atoms with Crippen LogP contribution in [0.25, 0.3) is 17.1 Å². The van der Waals surface area contributed by atoms with E-state index in [-0.39, 0.29) is 11.6 Å². The first kappa shape index (κ1) is 19.1. The zero-order valence-corrected chi connectivity index (χ0v) is 16.1. The van der Waals surface area contributed by atoms with Gasteiger partial charge < -0.3 is 10.1 Å². The number of esters is 1. The Hall–Kier alpha value is -2.70. The Balaban J connectivity index is 2.19. The van der Waals surface area contributed by atoms with E-state index >= 15 is 0 Å². The van der Waals surface area contributed by atoms with E-state index in [1.165, 1.54) is 12.2 Å². The Bertz CT molecular complexity index is 927. The smallest absolute Gasteiger partial charge is 0.330 e. The summed E-state index contributed by atoms with van der Waals surface area (Å²) in [5.41, 5.74) is 1.78. The number of aromatic nitrogens is 3. The lowest BCUT2D eigenvalue weighted by atomic mass is 10.1. The number of ether oxygens (including phenoxy) is 1. The van der Waals surface area contributed by atoms with Crippen molar-refractivity contribution in [1.82, 2.24) is 14.5 Å². The van der Waals surface area contributed by atoms with Gasteiger partial charge in [0.25, 0.3) is 5.56 Å². The highest BCUT2D eigenvalue weighted by Crippen LogP contribution is 2.31. The molecule has 0 unspecified atom stereocenters. The number of anilines is 1. The fraction of sp³-hybridized carbons (Fsp3) is 0.500. The largest absolute Gasteiger partial charge is 0.463 e. The molecule has 2 aromatic rings. The molecule has 7 nitrogen and oxygen atoms in total. The molecule has 1 saturated carbocycles. The topological polar surface area (TPSA) is 86.1 Å². The second-order valence-corrected chi connectivity index (χ2v) is 6.70. The first-order chi connectivity index (χ1) is 13.0. The molecule has 27 heavy (non-hydrogen) atoms. The van der Waals surface area contributed by atoms with Crippen molar-refractivity contribution >= 4 is 29.0 Å². The van der Waals surface area contributed by atoms with E-state index < -0.39 is 5.97 Å². The van der Waals surface area contributed by atoms with Crippen molar-refractivity contribution in [1.29, 1.82) is 0 Å². The van der Waals surface area contributed by atoms with Gasteiger partial charge in [-0.05, 0) is 45.8 Å². The van der Waals surface area contributed by atoms with Crippen LogP contribution in [0.1, 0.15) is 56.8 Å². The van der Waals surface area contributed by atoms with Gasteiger partial charge in [-0.2, -0.15) is 4.98 Å². The third-order valence-electron chi connectivity index (χ3n) is 4.82. The van der Waals surface area contributed by atoms with Gasteiger partial charge in [-0.25, -0.2) is 9.78 Å². The Morgan fingerprint density at radius 2 is 2.07 bits per heavy atom. The number of carbonyl (C=O) groups excluding carboxylic acids is 1. The predicted octanol–water partition coefficient (Wildman–Crippen LogP) is 3.22. The molecule has 0 spiro atoms. The van der Waals surface area contributed by atoms with Gasteiger partial charge in [0, 0.05) is 29.6 Å². The van der Waals surface area contributed by atoms with Gasteiger partial charge in [0.2, 0.25) is 5.95 Å². The lowest BCUT2D eigenvalue weighted by molar-refractivity contribution is -0.137. The number of aryl methyl sites for hydroxylation is 1. The molecule has 0 amide bonds. The lowest BCUT2D eigenvalue weighted by Crippen LogP contribution is -2.27. The second-order valence-electron chi connectivity index (χ2n) is 6.70. The summed E-state index contributed by atoms with van der Waals surface area (Å²) in [5.74, 6) is 0.0725. The normalized spacial score (nSPS) is 14.9. The molecule has 0 radical (unpaired) electrons. The van der Waals surface area contributed by atoms with Gasteiger partial charge in [-0.3, -0.25) is 9.36 Å². The quantitative estimate of drug-likeness (QED) is 0.621. The van der Waals surface area contributed by atoms with Crippen LogP contribution in [0.5, 0.6) is 0 Å². The summed E-state index contributed by atoms with van der Waals surface area (Å²) in [6, 6.07) is 1.89. The maximum absolute atomic E-state index is 13.2. The summed E-state index contributed by atoms with van der Waals surface area (Å²) in [7, 11) is 0. The van der Waals surface area contributed by atoms with E-state index in [4.69, 9.17) is 4.74 Å². The van der Waals surface area contributed by atoms with Crippen molar-refractivity contribution in [2.45, 2.75) is 52.5 Å². The highest BCUT2D eigenvalue weighted by atomic mass is 16.5. The van der Waals surface area contributed by atoms with Gasteiger partial charge in [-0.1, -0.05) is 12.8 Å². The van der Waals surface area contributed by atoms with Gasteiger partial charge in [0.1, 0.15) is 5.65 Å². The molecule has 1 aliphatic carbocycles. The molecule has 0 aliphatic heterocycles. The Labute approximate surface area is 158 Å². The summed E-state index contributed by atoms with van der Waals surface area (Å²) in [4.78, 5) is 34.0. The molecule has 1 N–H and O–H groups in total. The SMILES string of the molecule is CCNc1nc(C)c2cc(/C=C/C(=O)OCC)c(=O)n(C3CCCC3)c2n1. The number of nitrogens with zero attached hydrogens (tertiary/aromatic N) is 3. The summed E-state index contributed by atoms with van der Waals surface area (Å²) in [5, 5.41) is 3.96. The lowest BCUT2D eigenvalue weighted by Gasteiger charge is -2.18. The van der Waals surface area contributed by atoms with Gasteiger partial charge in [0.15, 0.2) is 0 Å².